The van der Waals surface area contributed by atoms with Crippen molar-refractivity contribution < 1.29 is 28.9 Å². The molecule has 0 aromatic carbocycles. The molecule has 1 saturated heterocycles. The molecular weight excluding hydrogens is 576 g/mol. The minimum atomic E-state index is -0.997. The molecule has 1 N–H and O–H groups in total. The number of carbonyl (C=O) groups excluding carboxylic acids is 2. The number of allylic oxidation sites excluding steroid dienone is 8. The van der Waals surface area contributed by atoms with E-state index in [0.717, 1.165) is 57.8 Å². The summed E-state index contributed by atoms with van der Waals surface area (Å²) in [6.45, 7) is 4.10. The first-order valence-corrected chi connectivity index (χ1v) is 18.5. The first kappa shape index (κ1) is 41.6. The zero-order valence-corrected chi connectivity index (χ0v) is 29.3. The average molecular weight is 643 g/mol. The molecule has 0 aromatic heterocycles. The molecule has 2 unspecified atom stereocenters. The molecule has 0 aromatic rings. The van der Waals surface area contributed by atoms with E-state index >= 15 is 0 Å². The van der Waals surface area contributed by atoms with Crippen LogP contribution in [-0.4, -0.2) is 48.6 Å². The van der Waals surface area contributed by atoms with Gasteiger partial charge in [-0.05, 0) is 51.4 Å². The van der Waals surface area contributed by atoms with E-state index in [1.807, 2.05) is 12.2 Å². The van der Waals surface area contributed by atoms with E-state index < -0.39 is 6.10 Å². The highest BCUT2D eigenvalue weighted by Gasteiger charge is 2.35. The van der Waals surface area contributed by atoms with Crippen LogP contribution >= 0.6 is 0 Å². The molecule has 0 saturated carbocycles. The van der Waals surface area contributed by atoms with E-state index in [1.165, 1.54) is 57.8 Å². The van der Waals surface area contributed by atoms with Crippen LogP contribution in [0.4, 0.5) is 0 Å². The molecule has 6 nitrogen and oxygen atoms in total. The number of aliphatic hydroxyl groups is 1. The smallest absolute Gasteiger partial charge is 0.306 e. The van der Waals surface area contributed by atoms with E-state index in [-0.39, 0.29) is 31.6 Å². The summed E-state index contributed by atoms with van der Waals surface area (Å²) in [7, 11) is 0. The minimum Gasteiger partial charge on any atom is -0.463 e. The summed E-state index contributed by atoms with van der Waals surface area (Å²) in [4.78, 5) is 23.8. The van der Waals surface area contributed by atoms with Crippen molar-refractivity contribution in [2.75, 3.05) is 13.2 Å². The molecule has 0 bridgehead atoms. The summed E-state index contributed by atoms with van der Waals surface area (Å²) in [5.41, 5.74) is 0. The average Bonchev–Trinajstić information content (AvgIpc) is 3.81. The molecular formula is C40H66O6. The van der Waals surface area contributed by atoms with Crippen molar-refractivity contribution in [1.29, 1.82) is 0 Å². The van der Waals surface area contributed by atoms with Crippen LogP contribution in [0.25, 0.3) is 0 Å². The third kappa shape index (κ3) is 27.8. The largest absolute Gasteiger partial charge is 0.463 e. The maximum absolute atomic E-state index is 11.9. The molecule has 0 aliphatic carbocycles. The van der Waals surface area contributed by atoms with Gasteiger partial charge in [-0.3, -0.25) is 9.59 Å². The van der Waals surface area contributed by atoms with Gasteiger partial charge in [-0.25, -0.2) is 0 Å². The summed E-state index contributed by atoms with van der Waals surface area (Å²) in [6.07, 6.45) is 43.2. The van der Waals surface area contributed by atoms with Crippen LogP contribution in [0.5, 0.6) is 0 Å². The van der Waals surface area contributed by atoms with Gasteiger partial charge in [0.1, 0.15) is 19.3 Å². The highest BCUT2D eigenvalue weighted by atomic mass is 16.6. The predicted octanol–water partition coefficient (Wildman–Crippen LogP) is 10.2. The van der Waals surface area contributed by atoms with Crippen molar-refractivity contribution >= 4 is 11.9 Å². The number of hydrogen-bond acceptors (Lipinski definition) is 6. The van der Waals surface area contributed by atoms with Gasteiger partial charge in [0.2, 0.25) is 0 Å². The molecule has 1 aliphatic rings. The second kappa shape index (κ2) is 31.2. The van der Waals surface area contributed by atoms with Gasteiger partial charge < -0.3 is 19.3 Å². The van der Waals surface area contributed by atoms with Crippen LogP contribution < -0.4 is 0 Å². The van der Waals surface area contributed by atoms with E-state index in [9.17, 15) is 14.7 Å². The SMILES string of the molecule is CC/C=C\CC1OC1C/C=C\C/C=C\C/C=C\C/C=C\CCC(=O)OC[C@H](O)COC(=O)CCCCCCCCCCCCCC. The Morgan fingerprint density at radius 1 is 0.587 bits per heavy atom. The lowest BCUT2D eigenvalue weighted by atomic mass is 10.0. The summed E-state index contributed by atoms with van der Waals surface area (Å²) in [5.74, 6) is -0.668. The fourth-order valence-corrected chi connectivity index (χ4v) is 5.03. The number of ether oxygens (including phenoxy) is 3. The molecule has 1 fully saturated rings. The molecule has 6 heteroatoms. The number of unbranched alkanes of at least 4 members (excludes halogenated alkanes) is 11. The van der Waals surface area contributed by atoms with Crippen molar-refractivity contribution in [2.45, 2.75) is 167 Å². The zero-order valence-electron chi connectivity index (χ0n) is 29.3. The Balaban J connectivity index is 1.89. The Labute approximate surface area is 281 Å². The first-order chi connectivity index (χ1) is 22.6. The lowest BCUT2D eigenvalue weighted by molar-refractivity contribution is -0.152. The van der Waals surface area contributed by atoms with Crippen LogP contribution in [0.1, 0.15) is 149 Å². The zero-order chi connectivity index (χ0) is 33.3. The molecule has 262 valence electrons. The maximum atomic E-state index is 11.9. The van der Waals surface area contributed by atoms with Crippen molar-refractivity contribution in [3.8, 4) is 0 Å². The molecule has 1 rings (SSSR count). The Bertz CT molecular complexity index is 886. The quantitative estimate of drug-likeness (QED) is 0.0351. The Morgan fingerprint density at radius 2 is 1.02 bits per heavy atom. The summed E-state index contributed by atoms with van der Waals surface area (Å²) in [5, 5.41) is 9.97. The van der Waals surface area contributed by atoms with Crippen LogP contribution in [0.3, 0.4) is 0 Å². The van der Waals surface area contributed by atoms with Gasteiger partial charge in [-0.2, -0.15) is 0 Å². The van der Waals surface area contributed by atoms with Gasteiger partial charge >= 0.3 is 11.9 Å². The lowest BCUT2D eigenvalue weighted by Gasteiger charge is -2.12. The number of carbonyl (C=O) groups is 2. The minimum absolute atomic E-state index is 0.143. The van der Waals surface area contributed by atoms with Gasteiger partial charge in [0.25, 0.3) is 0 Å². The van der Waals surface area contributed by atoms with Crippen LogP contribution in [0.2, 0.25) is 0 Å². The maximum Gasteiger partial charge on any atom is 0.306 e. The van der Waals surface area contributed by atoms with Crippen LogP contribution in [0, 0.1) is 0 Å². The number of epoxide rings is 1. The fraction of sp³-hybridized carbons (Fsp3) is 0.700. The molecule has 46 heavy (non-hydrogen) atoms. The van der Waals surface area contributed by atoms with Crippen molar-refractivity contribution in [3.63, 3.8) is 0 Å². The van der Waals surface area contributed by atoms with Gasteiger partial charge in [0.15, 0.2) is 0 Å². The fourth-order valence-electron chi connectivity index (χ4n) is 5.03. The number of hydrogen-bond donors (Lipinski definition) is 1. The van der Waals surface area contributed by atoms with Gasteiger partial charge in [-0.1, -0.05) is 145 Å². The third-order valence-electron chi connectivity index (χ3n) is 7.93. The summed E-state index contributed by atoms with van der Waals surface area (Å²) >= 11 is 0. The van der Waals surface area contributed by atoms with Gasteiger partial charge in [0.05, 0.1) is 12.2 Å². The van der Waals surface area contributed by atoms with E-state index in [0.29, 0.717) is 25.0 Å². The predicted molar refractivity (Wildman–Crippen MR) is 191 cm³/mol. The molecule has 3 atom stereocenters. The molecule has 1 aliphatic heterocycles. The molecule has 0 spiro atoms. The van der Waals surface area contributed by atoms with E-state index in [4.69, 9.17) is 14.2 Å². The van der Waals surface area contributed by atoms with Gasteiger partial charge in [-0.15, -0.1) is 0 Å². The highest BCUT2D eigenvalue weighted by Crippen LogP contribution is 2.29. The highest BCUT2D eigenvalue weighted by molar-refractivity contribution is 5.70. The number of rotatable bonds is 31. The Kier molecular flexibility index (Phi) is 28.2. The summed E-state index contributed by atoms with van der Waals surface area (Å²) in [6, 6.07) is 0. The molecule has 1 heterocycles. The van der Waals surface area contributed by atoms with E-state index in [1.54, 1.807) is 0 Å². The Morgan fingerprint density at radius 3 is 1.54 bits per heavy atom. The molecule has 0 radical (unpaired) electrons. The second-order valence-corrected chi connectivity index (χ2v) is 12.4. The van der Waals surface area contributed by atoms with Gasteiger partial charge in [0, 0.05) is 12.8 Å². The number of esters is 2. The number of aliphatic hydroxyl groups excluding tert-OH is 1. The van der Waals surface area contributed by atoms with Crippen LogP contribution in [-0.2, 0) is 23.8 Å². The second-order valence-electron chi connectivity index (χ2n) is 12.4. The third-order valence-corrected chi connectivity index (χ3v) is 7.93. The van der Waals surface area contributed by atoms with Crippen LogP contribution in [0.15, 0.2) is 60.8 Å². The monoisotopic (exact) mass is 642 g/mol. The Hall–Kier alpha value is -2.44. The van der Waals surface area contributed by atoms with E-state index in [2.05, 4.69) is 62.5 Å². The van der Waals surface area contributed by atoms with Crippen molar-refractivity contribution in [3.05, 3.63) is 60.8 Å². The molecule has 0 amide bonds. The lowest BCUT2D eigenvalue weighted by Crippen LogP contribution is -2.25. The van der Waals surface area contributed by atoms with Crippen molar-refractivity contribution in [2.24, 2.45) is 0 Å². The van der Waals surface area contributed by atoms with Crippen molar-refractivity contribution in [1.82, 2.24) is 0 Å². The normalized spacial score (nSPS) is 17.3. The first-order valence-electron chi connectivity index (χ1n) is 18.5. The standard InChI is InChI=1S/C40H66O6/c1-3-5-7-8-9-10-11-15-18-21-24-28-32-39(42)44-34-36(41)35-45-40(43)33-29-25-22-19-16-13-12-14-17-20-23-27-31-38-37(46-38)30-26-6-4-2/h6,13-14,16-17,22-23,25-27,36-38,41H,3-5,7-12,15,18-21,24,28-35H2,1-2H3/b16-13-,17-14-,25-22-,26-6-,27-23-/t36-,37?,38?/m1/s1. The summed E-state index contributed by atoms with van der Waals surface area (Å²) < 4.78 is 15.9. The topological polar surface area (TPSA) is 85.4 Å².